The van der Waals surface area contributed by atoms with E-state index in [9.17, 15) is 9.59 Å². The van der Waals surface area contributed by atoms with Gasteiger partial charge in [-0.2, -0.15) is 0 Å². The number of hydrogen-bond acceptors (Lipinski definition) is 7. The van der Waals surface area contributed by atoms with Gasteiger partial charge in [-0.25, -0.2) is 9.78 Å². The highest BCUT2D eigenvalue weighted by atomic mass is 32.1. The van der Waals surface area contributed by atoms with Crippen molar-refractivity contribution in [1.29, 1.82) is 0 Å². The zero-order chi connectivity index (χ0) is 13.5. The van der Waals surface area contributed by atoms with Crippen LogP contribution >= 0.6 is 11.3 Å². The molecule has 0 radical (unpaired) electrons. The second kappa shape index (κ2) is 6.75. The van der Waals surface area contributed by atoms with Crippen LogP contribution in [0.15, 0.2) is 12.7 Å². The highest BCUT2D eigenvalue weighted by molar-refractivity contribution is 7.16. The number of ether oxygens (including phenoxy) is 2. The van der Waals surface area contributed by atoms with Gasteiger partial charge in [-0.3, -0.25) is 4.79 Å². The minimum Gasteiger partial charge on any atom is -0.469 e. The summed E-state index contributed by atoms with van der Waals surface area (Å²) in [6.07, 6.45) is 1.66. The predicted molar refractivity (Wildman–Crippen MR) is 67.9 cm³/mol. The molecule has 0 aliphatic rings. The van der Waals surface area contributed by atoms with Gasteiger partial charge in [0.1, 0.15) is 0 Å². The van der Waals surface area contributed by atoms with Gasteiger partial charge in [0.25, 0.3) is 0 Å². The predicted octanol–water partition coefficient (Wildman–Crippen LogP) is 1.24. The van der Waals surface area contributed by atoms with Gasteiger partial charge >= 0.3 is 11.9 Å². The SMILES string of the molecule is C=CCNc1nc(C(=O)OC)c(CC(=O)OC)s1. The zero-order valence-electron chi connectivity index (χ0n) is 10.2. The van der Waals surface area contributed by atoms with Crippen molar-refractivity contribution in [3.63, 3.8) is 0 Å². The first-order valence-electron chi connectivity index (χ1n) is 5.12. The van der Waals surface area contributed by atoms with E-state index >= 15 is 0 Å². The van der Waals surface area contributed by atoms with Crippen LogP contribution in [0.25, 0.3) is 0 Å². The van der Waals surface area contributed by atoms with E-state index in [1.807, 2.05) is 0 Å². The summed E-state index contributed by atoms with van der Waals surface area (Å²) < 4.78 is 9.18. The molecule has 0 bridgehead atoms. The molecule has 0 saturated heterocycles. The van der Waals surface area contributed by atoms with E-state index in [2.05, 4.69) is 26.4 Å². The molecule has 0 aliphatic heterocycles. The fourth-order valence-corrected chi connectivity index (χ4v) is 2.11. The number of carbonyl (C=O) groups is 2. The van der Waals surface area contributed by atoms with Crippen molar-refractivity contribution in [3.05, 3.63) is 23.2 Å². The highest BCUT2D eigenvalue weighted by Crippen LogP contribution is 2.24. The van der Waals surface area contributed by atoms with Gasteiger partial charge in [0.15, 0.2) is 10.8 Å². The van der Waals surface area contributed by atoms with Crippen LogP contribution in [0.1, 0.15) is 15.4 Å². The number of rotatable bonds is 6. The summed E-state index contributed by atoms with van der Waals surface area (Å²) >= 11 is 1.22. The smallest absolute Gasteiger partial charge is 0.357 e. The monoisotopic (exact) mass is 270 g/mol. The maximum Gasteiger partial charge on any atom is 0.357 e. The highest BCUT2D eigenvalue weighted by Gasteiger charge is 2.20. The number of nitrogens with zero attached hydrogens (tertiary/aromatic N) is 1. The van der Waals surface area contributed by atoms with Gasteiger partial charge in [-0.05, 0) is 0 Å². The van der Waals surface area contributed by atoms with Crippen LogP contribution in [0.5, 0.6) is 0 Å². The third kappa shape index (κ3) is 3.56. The Balaban J connectivity index is 2.96. The van der Waals surface area contributed by atoms with Gasteiger partial charge in [-0.1, -0.05) is 6.08 Å². The fourth-order valence-electron chi connectivity index (χ4n) is 1.17. The Bertz CT molecular complexity index is 456. The van der Waals surface area contributed by atoms with Gasteiger partial charge in [0.05, 0.1) is 25.5 Å². The van der Waals surface area contributed by atoms with Crippen molar-refractivity contribution < 1.29 is 19.1 Å². The average molecular weight is 270 g/mol. The van der Waals surface area contributed by atoms with Crippen LogP contribution in [0, 0.1) is 0 Å². The molecule has 0 atom stereocenters. The molecule has 1 aromatic rings. The maximum absolute atomic E-state index is 11.5. The van der Waals surface area contributed by atoms with E-state index in [4.69, 9.17) is 0 Å². The van der Waals surface area contributed by atoms with Crippen molar-refractivity contribution in [1.82, 2.24) is 4.98 Å². The summed E-state index contributed by atoms with van der Waals surface area (Å²) in [6, 6.07) is 0. The lowest BCUT2D eigenvalue weighted by Crippen LogP contribution is -2.09. The van der Waals surface area contributed by atoms with Crippen LogP contribution in [0.4, 0.5) is 5.13 Å². The molecular weight excluding hydrogens is 256 g/mol. The van der Waals surface area contributed by atoms with Crippen LogP contribution in [0.3, 0.4) is 0 Å². The molecule has 0 aromatic carbocycles. The quantitative estimate of drug-likeness (QED) is 0.619. The molecule has 98 valence electrons. The molecule has 6 nitrogen and oxygen atoms in total. The van der Waals surface area contributed by atoms with Crippen molar-refractivity contribution in [2.24, 2.45) is 0 Å². The van der Waals surface area contributed by atoms with Gasteiger partial charge in [-0.15, -0.1) is 17.9 Å². The molecule has 0 amide bonds. The van der Waals surface area contributed by atoms with Crippen molar-refractivity contribution in [3.8, 4) is 0 Å². The molecule has 0 fully saturated rings. The summed E-state index contributed by atoms with van der Waals surface area (Å²) in [7, 11) is 2.55. The fraction of sp³-hybridized carbons (Fsp3) is 0.364. The van der Waals surface area contributed by atoms with Crippen molar-refractivity contribution >= 4 is 28.4 Å². The molecule has 1 N–H and O–H groups in total. The maximum atomic E-state index is 11.5. The lowest BCUT2D eigenvalue weighted by atomic mass is 10.3. The summed E-state index contributed by atoms with van der Waals surface area (Å²) in [6.45, 7) is 4.09. The van der Waals surface area contributed by atoms with Crippen LogP contribution in [-0.4, -0.2) is 37.7 Å². The molecule has 1 aromatic heterocycles. The van der Waals surface area contributed by atoms with E-state index in [0.29, 0.717) is 16.6 Å². The number of aromatic nitrogens is 1. The van der Waals surface area contributed by atoms with Crippen LogP contribution < -0.4 is 5.32 Å². The largest absolute Gasteiger partial charge is 0.469 e. The molecule has 7 heteroatoms. The van der Waals surface area contributed by atoms with Crippen LogP contribution in [-0.2, 0) is 20.7 Å². The molecule has 1 rings (SSSR count). The Labute approximate surface area is 109 Å². The normalized spacial score (nSPS) is 9.67. The van der Waals surface area contributed by atoms with E-state index in [-0.39, 0.29) is 12.1 Å². The second-order valence-electron chi connectivity index (χ2n) is 3.20. The number of nitrogens with one attached hydrogen (secondary N) is 1. The van der Waals surface area contributed by atoms with Gasteiger partial charge < -0.3 is 14.8 Å². The van der Waals surface area contributed by atoms with Crippen molar-refractivity contribution in [2.45, 2.75) is 6.42 Å². The molecule has 18 heavy (non-hydrogen) atoms. The third-order valence-corrected chi connectivity index (χ3v) is 3.02. The topological polar surface area (TPSA) is 77.5 Å². The Morgan fingerprint density at radius 2 is 2.17 bits per heavy atom. The number of esters is 2. The molecular formula is C11H14N2O4S. The number of thiazole rings is 1. The zero-order valence-corrected chi connectivity index (χ0v) is 11.0. The van der Waals surface area contributed by atoms with Crippen molar-refractivity contribution in [2.75, 3.05) is 26.1 Å². The lowest BCUT2D eigenvalue weighted by molar-refractivity contribution is -0.139. The van der Waals surface area contributed by atoms with Gasteiger partial charge in [0, 0.05) is 6.54 Å². The first kappa shape index (κ1) is 14.2. The standard InChI is InChI=1S/C11H14N2O4S/c1-4-5-12-11-13-9(10(15)17-3)7(18-11)6-8(14)16-2/h4H,1,5-6H2,2-3H3,(H,12,13). The molecule has 0 saturated carbocycles. The molecule has 0 unspecified atom stereocenters. The van der Waals surface area contributed by atoms with E-state index in [1.54, 1.807) is 6.08 Å². The number of anilines is 1. The minimum absolute atomic E-state index is 0.00559. The lowest BCUT2D eigenvalue weighted by Gasteiger charge is -1.98. The first-order valence-corrected chi connectivity index (χ1v) is 5.93. The summed E-state index contributed by atoms with van der Waals surface area (Å²) in [4.78, 5) is 27.3. The molecule has 0 aliphatic carbocycles. The number of methoxy groups -OCH3 is 2. The van der Waals surface area contributed by atoms with E-state index in [0.717, 1.165) is 0 Å². The summed E-state index contributed by atoms with van der Waals surface area (Å²) in [5, 5.41) is 3.49. The molecule has 1 heterocycles. The number of hydrogen-bond donors (Lipinski definition) is 1. The summed E-state index contributed by atoms with van der Waals surface area (Å²) in [5.41, 5.74) is 0.138. The Kier molecular flexibility index (Phi) is 5.31. The Hall–Kier alpha value is -1.89. The third-order valence-electron chi connectivity index (χ3n) is 2.01. The van der Waals surface area contributed by atoms with Crippen LogP contribution in [0.2, 0.25) is 0 Å². The second-order valence-corrected chi connectivity index (χ2v) is 4.29. The first-order chi connectivity index (χ1) is 8.62. The minimum atomic E-state index is -0.572. The molecule has 0 spiro atoms. The Morgan fingerprint density at radius 1 is 1.44 bits per heavy atom. The van der Waals surface area contributed by atoms with Gasteiger partial charge in [0.2, 0.25) is 0 Å². The average Bonchev–Trinajstić information content (AvgIpc) is 2.78. The number of carbonyl (C=O) groups excluding carboxylic acids is 2. The van der Waals surface area contributed by atoms with E-state index in [1.165, 1.54) is 25.6 Å². The van der Waals surface area contributed by atoms with E-state index < -0.39 is 11.9 Å². The summed E-state index contributed by atoms with van der Waals surface area (Å²) in [5.74, 6) is -1.00. The Morgan fingerprint density at radius 3 is 2.72 bits per heavy atom.